The molecule has 0 spiro atoms. The van der Waals surface area contributed by atoms with Crippen molar-refractivity contribution in [3.8, 4) is 11.1 Å². The van der Waals surface area contributed by atoms with E-state index in [-0.39, 0.29) is 37.9 Å². The molecule has 4 aromatic heterocycles. The number of rotatable bonds is 8. The van der Waals surface area contributed by atoms with Gasteiger partial charge in [-0.25, -0.2) is 22.5 Å². The molecule has 0 saturated carbocycles. The van der Waals surface area contributed by atoms with E-state index < -0.39 is 54.5 Å². The highest BCUT2D eigenvalue weighted by Crippen LogP contribution is 2.44. The summed E-state index contributed by atoms with van der Waals surface area (Å²) in [6, 6.07) is 10.2. The summed E-state index contributed by atoms with van der Waals surface area (Å²) in [5, 5.41) is 5.94. The Morgan fingerprint density at radius 2 is 1.74 bits per heavy atom. The molecule has 0 unspecified atom stereocenters. The lowest BCUT2D eigenvalue weighted by Gasteiger charge is -2.12. The molecule has 5 aromatic rings. The van der Waals surface area contributed by atoms with Crippen molar-refractivity contribution in [3.05, 3.63) is 87.6 Å². The summed E-state index contributed by atoms with van der Waals surface area (Å²) in [6.07, 6.45) is -11.0. The van der Waals surface area contributed by atoms with E-state index >= 15 is 0 Å². The summed E-state index contributed by atoms with van der Waals surface area (Å²) in [7, 11) is 0. The third-order valence-electron chi connectivity index (χ3n) is 6.25. The average molecular weight is 626 g/mol. The number of alkyl halides is 7. The standard InChI is InChI=1S/C27H18F7N5O3S/c1-11-2-4-12(5-3-11)14-8-18(27(32,33)34)36-26-19(14)20(21(43-26)24(35)40)37-25(41)17-7-6-13(42-17)10-39-16(23(30)31)9-15(38-39)22(28)29/h2-9,22-23H,10H2,1H3,(H2,35,40)(H,37,41). The molecule has 3 N–H and O–H groups in total. The highest BCUT2D eigenvalue weighted by atomic mass is 32.1. The van der Waals surface area contributed by atoms with Gasteiger partial charge in [0.25, 0.3) is 24.7 Å². The summed E-state index contributed by atoms with van der Waals surface area (Å²) < 4.78 is 99.9. The number of aryl methyl sites for hydroxylation is 1. The molecule has 0 fully saturated rings. The minimum Gasteiger partial charge on any atom is -0.454 e. The zero-order valence-electron chi connectivity index (χ0n) is 21.7. The summed E-state index contributed by atoms with van der Waals surface area (Å²) >= 11 is 0.552. The van der Waals surface area contributed by atoms with Crippen molar-refractivity contribution in [2.24, 2.45) is 5.73 Å². The second kappa shape index (κ2) is 11.2. The lowest BCUT2D eigenvalue weighted by Crippen LogP contribution is -2.16. The quantitative estimate of drug-likeness (QED) is 0.175. The first kappa shape index (κ1) is 29.8. The maximum absolute atomic E-state index is 13.7. The molecule has 43 heavy (non-hydrogen) atoms. The number of amides is 2. The number of aromatic nitrogens is 3. The molecule has 0 radical (unpaired) electrons. The number of nitrogens with zero attached hydrogens (tertiary/aromatic N) is 3. The number of hydrogen-bond donors (Lipinski definition) is 2. The molecule has 0 aliphatic rings. The molecule has 16 heteroatoms. The summed E-state index contributed by atoms with van der Waals surface area (Å²) in [5.74, 6) is -2.50. The molecular formula is C27H18F7N5O3S. The van der Waals surface area contributed by atoms with Gasteiger partial charge in [0, 0.05) is 5.39 Å². The molecule has 0 aliphatic carbocycles. The van der Waals surface area contributed by atoms with Crippen molar-refractivity contribution < 1.29 is 44.7 Å². The Bertz CT molecular complexity index is 1840. The number of thiophene rings is 1. The lowest BCUT2D eigenvalue weighted by molar-refractivity contribution is -0.140. The fourth-order valence-corrected chi connectivity index (χ4v) is 5.27. The normalized spacial score (nSPS) is 12.0. The lowest BCUT2D eigenvalue weighted by atomic mass is 10.00. The Labute approximate surface area is 240 Å². The second-order valence-corrected chi connectivity index (χ2v) is 10.2. The van der Waals surface area contributed by atoms with Crippen LogP contribution in [0.4, 0.5) is 36.4 Å². The van der Waals surface area contributed by atoms with Gasteiger partial charge in [0.1, 0.15) is 32.5 Å². The highest BCUT2D eigenvalue weighted by molar-refractivity contribution is 7.21. The molecule has 0 aliphatic heterocycles. The van der Waals surface area contributed by atoms with Gasteiger partial charge in [-0.15, -0.1) is 11.3 Å². The smallest absolute Gasteiger partial charge is 0.433 e. The van der Waals surface area contributed by atoms with Crippen LogP contribution < -0.4 is 11.1 Å². The second-order valence-electron chi connectivity index (χ2n) is 9.24. The van der Waals surface area contributed by atoms with E-state index in [1.165, 1.54) is 6.07 Å². The third kappa shape index (κ3) is 5.95. The molecular weight excluding hydrogens is 607 g/mol. The number of carbonyl (C=O) groups excluding carboxylic acids is 2. The van der Waals surface area contributed by atoms with Gasteiger partial charge in [-0.05, 0) is 42.3 Å². The zero-order valence-corrected chi connectivity index (χ0v) is 22.5. The molecule has 2 amide bonds. The van der Waals surface area contributed by atoms with Gasteiger partial charge in [0.15, 0.2) is 5.76 Å². The van der Waals surface area contributed by atoms with E-state index in [1.807, 2.05) is 0 Å². The topological polar surface area (TPSA) is 116 Å². The van der Waals surface area contributed by atoms with Crippen molar-refractivity contribution in [2.45, 2.75) is 32.5 Å². The fraction of sp³-hybridized carbons (Fsp3) is 0.185. The number of halogens is 7. The van der Waals surface area contributed by atoms with Crippen LogP contribution >= 0.6 is 11.3 Å². The summed E-state index contributed by atoms with van der Waals surface area (Å²) in [6.45, 7) is 1.26. The summed E-state index contributed by atoms with van der Waals surface area (Å²) in [4.78, 5) is 28.7. The predicted octanol–water partition coefficient (Wildman–Crippen LogP) is 7.35. The summed E-state index contributed by atoms with van der Waals surface area (Å²) in [5.41, 5.74) is 3.60. The fourth-order valence-electron chi connectivity index (χ4n) is 4.27. The van der Waals surface area contributed by atoms with Crippen molar-refractivity contribution >= 4 is 39.1 Å². The molecule has 5 rings (SSSR count). The maximum Gasteiger partial charge on any atom is 0.433 e. The number of benzene rings is 1. The van der Waals surface area contributed by atoms with E-state index in [0.29, 0.717) is 27.6 Å². The van der Waals surface area contributed by atoms with Crippen LogP contribution in [0.3, 0.4) is 0 Å². The molecule has 1 aromatic carbocycles. The number of primary amides is 1. The van der Waals surface area contributed by atoms with Gasteiger partial charge < -0.3 is 15.5 Å². The number of pyridine rings is 1. The molecule has 8 nitrogen and oxygen atoms in total. The molecule has 0 saturated heterocycles. The number of carbonyl (C=O) groups is 2. The Morgan fingerprint density at radius 3 is 2.35 bits per heavy atom. The van der Waals surface area contributed by atoms with Gasteiger partial charge in [0.2, 0.25) is 0 Å². The van der Waals surface area contributed by atoms with Crippen LogP contribution in [-0.2, 0) is 12.7 Å². The Balaban J connectivity index is 1.54. The van der Waals surface area contributed by atoms with Gasteiger partial charge in [-0.1, -0.05) is 29.8 Å². The van der Waals surface area contributed by atoms with Crippen LogP contribution in [0.15, 0.2) is 52.9 Å². The third-order valence-corrected chi connectivity index (χ3v) is 7.34. The van der Waals surface area contributed by atoms with Crippen molar-refractivity contribution in [3.63, 3.8) is 0 Å². The number of hydrogen-bond acceptors (Lipinski definition) is 6. The van der Waals surface area contributed by atoms with E-state index in [2.05, 4.69) is 15.4 Å². The zero-order chi connectivity index (χ0) is 31.2. The Kier molecular flexibility index (Phi) is 7.72. The van der Waals surface area contributed by atoms with Crippen LogP contribution in [0.25, 0.3) is 21.3 Å². The monoisotopic (exact) mass is 625 g/mol. The van der Waals surface area contributed by atoms with Gasteiger partial charge in [0.05, 0.1) is 12.2 Å². The van der Waals surface area contributed by atoms with Crippen LogP contribution in [0.1, 0.15) is 61.5 Å². The molecule has 0 atom stereocenters. The van der Waals surface area contributed by atoms with Crippen LogP contribution in [0.5, 0.6) is 0 Å². The van der Waals surface area contributed by atoms with Gasteiger partial charge in [-0.3, -0.25) is 14.3 Å². The van der Waals surface area contributed by atoms with Crippen LogP contribution in [0, 0.1) is 6.92 Å². The average Bonchev–Trinajstić information content (AvgIpc) is 3.66. The van der Waals surface area contributed by atoms with Gasteiger partial charge in [-0.2, -0.15) is 18.3 Å². The number of anilines is 1. The number of nitrogens with two attached hydrogens (primary N) is 1. The number of furan rings is 1. The molecule has 224 valence electrons. The van der Waals surface area contributed by atoms with Crippen LogP contribution in [0.2, 0.25) is 0 Å². The largest absolute Gasteiger partial charge is 0.454 e. The maximum atomic E-state index is 13.7. The SMILES string of the molecule is Cc1ccc(-c2cc(C(F)(F)F)nc3sc(C(N)=O)c(NC(=O)c4ccc(Cn5nc(C(F)F)cc5C(F)F)o4)c23)cc1. The molecule has 4 heterocycles. The van der Waals surface area contributed by atoms with Crippen molar-refractivity contribution in [1.82, 2.24) is 14.8 Å². The predicted molar refractivity (Wildman–Crippen MR) is 141 cm³/mol. The Hall–Kier alpha value is -4.73. The van der Waals surface area contributed by atoms with E-state index in [9.17, 15) is 40.3 Å². The highest BCUT2D eigenvalue weighted by Gasteiger charge is 2.35. The minimum atomic E-state index is -4.83. The first-order valence-electron chi connectivity index (χ1n) is 12.2. The van der Waals surface area contributed by atoms with Crippen LogP contribution in [-0.4, -0.2) is 26.6 Å². The molecule has 0 bridgehead atoms. The van der Waals surface area contributed by atoms with E-state index in [0.717, 1.165) is 17.7 Å². The van der Waals surface area contributed by atoms with Crippen molar-refractivity contribution in [2.75, 3.05) is 5.32 Å². The first-order valence-corrected chi connectivity index (χ1v) is 13.0. The Morgan fingerprint density at radius 1 is 1.05 bits per heavy atom. The van der Waals surface area contributed by atoms with E-state index in [4.69, 9.17) is 10.2 Å². The van der Waals surface area contributed by atoms with Crippen molar-refractivity contribution in [1.29, 1.82) is 0 Å². The first-order chi connectivity index (χ1) is 20.2. The number of fused-ring (bicyclic) bond motifs is 1. The number of nitrogens with one attached hydrogen (secondary N) is 1. The van der Waals surface area contributed by atoms with Gasteiger partial charge >= 0.3 is 6.18 Å². The van der Waals surface area contributed by atoms with E-state index in [1.54, 1.807) is 31.2 Å². The minimum absolute atomic E-state index is 0.0181.